The first-order valence-electron chi connectivity index (χ1n) is 7.58. The molecule has 3 heterocycles. The molecule has 0 aliphatic carbocycles. The summed E-state index contributed by atoms with van der Waals surface area (Å²) in [5.74, 6) is 0. The van der Waals surface area contributed by atoms with Gasteiger partial charge in [0.05, 0.1) is 13.2 Å². The molecule has 4 rings (SSSR count). The van der Waals surface area contributed by atoms with Crippen LogP contribution >= 0.6 is 11.8 Å². The van der Waals surface area contributed by atoms with Crippen LogP contribution in [0, 0.1) is 0 Å². The Kier molecular flexibility index (Phi) is 3.59. The van der Waals surface area contributed by atoms with Gasteiger partial charge in [-0.25, -0.2) is 0 Å². The molecule has 3 heteroatoms. The minimum Gasteiger partial charge on any atom is -0.346 e. The highest BCUT2D eigenvalue weighted by Gasteiger charge is 2.27. The van der Waals surface area contributed by atoms with Crippen molar-refractivity contribution < 1.29 is 9.47 Å². The van der Waals surface area contributed by atoms with Gasteiger partial charge in [0.2, 0.25) is 0 Å². The van der Waals surface area contributed by atoms with Gasteiger partial charge in [0, 0.05) is 16.1 Å². The summed E-state index contributed by atoms with van der Waals surface area (Å²) in [4.78, 5) is 0. The molecular formula is C17H20O2S. The zero-order chi connectivity index (χ0) is 13.4. The number of allylic oxidation sites excluding steroid dienone is 1. The fourth-order valence-electron chi connectivity index (χ4n) is 3.39. The van der Waals surface area contributed by atoms with Crippen molar-refractivity contribution in [1.29, 1.82) is 0 Å². The summed E-state index contributed by atoms with van der Waals surface area (Å²) in [5, 5.41) is 1.57. The van der Waals surface area contributed by atoms with Gasteiger partial charge in [0.1, 0.15) is 0 Å². The van der Waals surface area contributed by atoms with E-state index in [9.17, 15) is 0 Å². The molecule has 2 unspecified atom stereocenters. The standard InChI is InChI=1S/C17H20O2S/c1-3-12(9-13(4-1)17-18-7-8-19-17)14-10-15-5-2-6-16(11-14)20-15/h1,3-4,9-10,15-17H,2,5-8,11H2. The van der Waals surface area contributed by atoms with Crippen molar-refractivity contribution in [3.8, 4) is 0 Å². The zero-order valence-electron chi connectivity index (χ0n) is 11.6. The molecule has 0 spiro atoms. The van der Waals surface area contributed by atoms with E-state index < -0.39 is 0 Å². The van der Waals surface area contributed by atoms with Crippen LogP contribution in [0.15, 0.2) is 30.3 Å². The maximum Gasteiger partial charge on any atom is 0.184 e. The first kappa shape index (κ1) is 12.9. The summed E-state index contributed by atoms with van der Waals surface area (Å²) in [7, 11) is 0. The molecule has 2 bridgehead atoms. The normalized spacial score (nSPS) is 30.3. The van der Waals surface area contributed by atoms with Crippen molar-refractivity contribution >= 4 is 17.3 Å². The molecular weight excluding hydrogens is 268 g/mol. The molecule has 2 atom stereocenters. The van der Waals surface area contributed by atoms with E-state index in [1.54, 1.807) is 0 Å². The fourth-order valence-corrected chi connectivity index (χ4v) is 5.01. The monoisotopic (exact) mass is 288 g/mol. The third-order valence-electron chi connectivity index (χ3n) is 4.37. The number of hydrogen-bond acceptors (Lipinski definition) is 3. The van der Waals surface area contributed by atoms with E-state index in [0.29, 0.717) is 13.2 Å². The highest BCUT2D eigenvalue weighted by atomic mass is 32.2. The second-order valence-corrected chi connectivity index (χ2v) is 7.37. The maximum atomic E-state index is 5.61. The predicted molar refractivity (Wildman–Crippen MR) is 82.7 cm³/mol. The molecule has 0 aromatic heterocycles. The smallest absolute Gasteiger partial charge is 0.184 e. The second-order valence-electron chi connectivity index (χ2n) is 5.82. The Labute approximate surface area is 124 Å². The number of benzene rings is 1. The minimum absolute atomic E-state index is 0.159. The Balaban J connectivity index is 1.61. The Hall–Kier alpha value is -0.770. The molecule has 3 aliphatic rings. The Morgan fingerprint density at radius 3 is 2.85 bits per heavy atom. The molecule has 106 valence electrons. The third kappa shape index (κ3) is 2.54. The summed E-state index contributed by atoms with van der Waals surface area (Å²) in [6.07, 6.45) is 7.68. The first-order valence-corrected chi connectivity index (χ1v) is 8.52. The molecule has 2 saturated heterocycles. The maximum absolute atomic E-state index is 5.61. The fraction of sp³-hybridized carbons (Fsp3) is 0.529. The molecule has 2 fully saturated rings. The molecule has 20 heavy (non-hydrogen) atoms. The van der Waals surface area contributed by atoms with Gasteiger partial charge in [-0.1, -0.05) is 30.7 Å². The summed E-state index contributed by atoms with van der Waals surface area (Å²) in [6.45, 7) is 1.41. The van der Waals surface area contributed by atoms with Gasteiger partial charge in [-0.15, -0.1) is 0 Å². The molecule has 0 radical (unpaired) electrons. The summed E-state index contributed by atoms with van der Waals surface area (Å²) in [6, 6.07) is 8.73. The van der Waals surface area contributed by atoms with Crippen molar-refractivity contribution in [1.82, 2.24) is 0 Å². The highest BCUT2D eigenvalue weighted by molar-refractivity contribution is 8.00. The van der Waals surface area contributed by atoms with Crippen molar-refractivity contribution in [3.05, 3.63) is 41.5 Å². The zero-order valence-corrected chi connectivity index (χ0v) is 12.4. The largest absolute Gasteiger partial charge is 0.346 e. The van der Waals surface area contributed by atoms with Gasteiger partial charge >= 0.3 is 0 Å². The third-order valence-corrected chi connectivity index (χ3v) is 5.88. The topological polar surface area (TPSA) is 18.5 Å². The Morgan fingerprint density at radius 2 is 2.00 bits per heavy atom. The van der Waals surface area contributed by atoms with E-state index in [0.717, 1.165) is 16.1 Å². The van der Waals surface area contributed by atoms with E-state index >= 15 is 0 Å². The van der Waals surface area contributed by atoms with Crippen LogP contribution in [-0.2, 0) is 9.47 Å². The van der Waals surface area contributed by atoms with Gasteiger partial charge in [0.25, 0.3) is 0 Å². The van der Waals surface area contributed by atoms with Crippen LogP contribution in [0.1, 0.15) is 43.1 Å². The first-order chi connectivity index (χ1) is 9.88. The SMILES string of the molecule is C1=C(c2cccc(C3OCCO3)c2)CC2CCCC1S2. The van der Waals surface area contributed by atoms with Crippen molar-refractivity contribution in [3.63, 3.8) is 0 Å². The minimum atomic E-state index is -0.159. The number of hydrogen-bond donors (Lipinski definition) is 0. The lowest BCUT2D eigenvalue weighted by Crippen LogP contribution is -2.21. The van der Waals surface area contributed by atoms with Gasteiger partial charge in [-0.05, 0) is 36.5 Å². The van der Waals surface area contributed by atoms with Gasteiger partial charge < -0.3 is 9.47 Å². The molecule has 3 aliphatic heterocycles. The van der Waals surface area contributed by atoms with Crippen LogP contribution in [0.3, 0.4) is 0 Å². The number of thioether (sulfide) groups is 1. The van der Waals surface area contributed by atoms with Crippen molar-refractivity contribution in [2.24, 2.45) is 0 Å². The summed E-state index contributed by atoms with van der Waals surface area (Å²) >= 11 is 2.18. The van der Waals surface area contributed by atoms with E-state index in [-0.39, 0.29) is 6.29 Å². The van der Waals surface area contributed by atoms with Gasteiger partial charge in [0.15, 0.2) is 6.29 Å². The average molecular weight is 288 g/mol. The van der Waals surface area contributed by atoms with E-state index in [1.807, 2.05) is 0 Å². The van der Waals surface area contributed by atoms with Crippen LogP contribution in [0.25, 0.3) is 5.57 Å². The summed E-state index contributed by atoms with van der Waals surface area (Å²) in [5.41, 5.74) is 4.04. The Bertz CT molecular complexity index is 519. The molecule has 1 aromatic rings. The van der Waals surface area contributed by atoms with Crippen LogP contribution in [0.2, 0.25) is 0 Å². The highest BCUT2D eigenvalue weighted by Crippen LogP contribution is 2.43. The van der Waals surface area contributed by atoms with Crippen molar-refractivity contribution in [2.45, 2.75) is 42.5 Å². The molecule has 1 aromatic carbocycles. The Morgan fingerprint density at radius 1 is 1.10 bits per heavy atom. The average Bonchev–Trinajstić information content (AvgIpc) is 3.01. The molecule has 0 amide bonds. The lowest BCUT2D eigenvalue weighted by Gasteiger charge is -2.33. The molecule has 2 nitrogen and oxygen atoms in total. The van der Waals surface area contributed by atoms with E-state index in [4.69, 9.17) is 9.47 Å². The number of rotatable bonds is 2. The van der Waals surface area contributed by atoms with E-state index in [1.165, 1.54) is 36.8 Å². The van der Waals surface area contributed by atoms with Crippen LogP contribution in [-0.4, -0.2) is 23.7 Å². The second kappa shape index (κ2) is 5.55. The quantitative estimate of drug-likeness (QED) is 0.813. The number of fused-ring (bicyclic) bond motifs is 2. The van der Waals surface area contributed by atoms with E-state index in [2.05, 4.69) is 42.1 Å². The molecule has 0 saturated carbocycles. The van der Waals surface area contributed by atoms with Crippen LogP contribution < -0.4 is 0 Å². The van der Waals surface area contributed by atoms with Gasteiger partial charge in [-0.3, -0.25) is 0 Å². The number of ether oxygens (including phenoxy) is 2. The van der Waals surface area contributed by atoms with Crippen molar-refractivity contribution in [2.75, 3.05) is 13.2 Å². The summed E-state index contributed by atoms with van der Waals surface area (Å²) < 4.78 is 11.2. The predicted octanol–water partition coefficient (Wildman–Crippen LogP) is 4.17. The van der Waals surface area contributed by atoms with Gasteiger partial charge in [-0.2, -0.15) is 11.8 Å². The van der Waals surface area contributed by atoms with Crippen LogP contribution in [0.4, 0.5) is 0 Å². The molecule has 0 N–H and O–H groups in total. The van der Waals surface area contributed by atoms with Crippen LogP contribution in [0.5, 0.6) is 0 Å². The lowest BCUT2D eigenvalue weighted by molar-refractivity contribution is -0.0441. The lowest BCUT2D eigenvalue weighted by atomic mass is 9.92.